The molecule has 94 valence electrons. The van der Waals surface area contributed by atoms with Crippen molar-refractivity contribution in [2.24, 2.45) is 0 Å². The summed E-state index contributed by atoms with van der Waals surface area (Å²) >= 11 is 6.95. The maximum atomic E-state index is 10.9. The van der Waals surface area contributed by atoms with E-state index in [4.69, 9.17) is 21.4 Å². The Morgan fingerprint density at radius 2 is 2.33 bits per heavy atom. The number of benzene rings is 1. The summed E-state index contributed by atoms with van der Waals surface area (Å²) in [5, 5.41) is 10.1. The fourth-order valence-corrected chi connectivity index (χ4v) is 2.41. The lowest BCUT2D eigenvalue weighted by molar-refractivity contribution is 0.0701. The average molecular weight is 284 g/mol. The minimum atomic E-state index is -0.959. The molecule has 0 bridgehead atoms. The van der Waals surface area contributed by atoms with Gasteiger partial charge in [0.25, 0.3) is 0 Å². The molecule has 4 nitrogen and oxygen atoms in total. The minimum Gasteiger partial charge on any atom is -0.486 e. The van der Waals surface area contributed by atoms with Gasteiger partial charge in [0.2, 0.25) is 0 Å². The first-order valence-electron chi connectivity index (χ1n) is 5.14. The summed E-state index contributed by atoms with van der Waals surface area (Å²) in [6.07, 6.45) is 0. The highest BCUT2D eigenvalue weighted by Crippen LogP contribution is 2.21. The lowest BCUT2D eigenvalue weighted by Gasteiger charge is -2.03. The van der Waals surface area contributed by atoms with Crippen LogP contribution in [0.15, 0.2) is 24.3 Å². The predicted molar refractivity (Wildman–Crippen MR) is 69.6 cm³/mol. The monoisotopic (exact) mass is 283 g/mol. The standard InChI is InChI=1S/C12H10ClNO3S/c1-7-11(12(15)16)18-10(14-7)6-17-9-4-2-3-8(13)5-9/h2-5H,6H2,1H3,(H,15,16). The van der Waals surface area contributed by atoms with Gasteiger partial charge >= 0.3 is 5.97 Å². The van der Waals surface area contributed by atoms with Gasteiger partial charge in [-0.25, -0.2) is 9.78 Å². The van der Waals surface area contributed by atoms with E-state index in [0.717, 1.165) is 11.3 Å². The molecule has 0 saturated heterocycles. The largest absolute Gasteiger partial charge is 0.486 e. The Morgan fingerprint density at radius 3 is 2.94 bits per heavy atom. The van der Waals surface area contributed by atoms with E-state index in [-0.39, 0.29) is 11.5 Å². The summed E-state index contributed by atoms with van der Waals surface area (Å²) in [6.45, 7) is 1.90. The molecule has 1 aromatic heterocycles. The quantitative estimate of drug-likeness (QED) is 0.934. The Hall–Kier alpha value is -1.59. The molecule has 2 rings (SSSR count). The van der Waals surface area contributed by atoms with Crippen molar-refractivity contribution < 1.29 is 14.6 Å². The van der Waals surface area contributed by atoms with Crippen LogP contribution in [-0.4, -0.2) is 16.1 Å². The number of carboxylic acid groups (broad SMARTS) is 1. The number of halogens is 1. The second kappa shape index (κ2) is 5.37. The van der Waals surface area contributed by atoms with Gasteiger partial charge in [0.05, 0.1) is 5.69 Å². The zero-order valence-electron chi connectivity index (χ0n) is 9.51. The lowest BCUT2D eigenvalue weighted by Crippen LogP contribution is -1.94. The number of thiazole rings is 1. The van der Waals surface area contributed by atoms with Gasteiger partial charge in [-0.3, -0.25) is 0 Å². The number of hydrogen-bond acceptors (Lipinski definition) is 4. The van der Waals surface area contributed by atoms with Crippen molar-refractivity contribution >= 4 is 28.9 Å². The first kappa shape index (κ1) is 12.9. The van der Waals surface area contributed by atoms with Crippen LogP contribution in [0.3, 0.4) is 0 Å². The van der Waals surface area contributed by atoms with Gasteiger partial charge in [-0.05, 0) is 25.1 Å². The van der Waals surface area contributed by atoms with Gasteiger partial charge in [0.1, 0.15) is 22.2 Å². The number of rotatable bonds is 4. The van der Waals surface area contributed by atoms with Crippen molar-refractivity contribution in [2.45, 2.75) is 13.5 Å². The normalized spacial score (nSPS) is 10.3. The van der Waals surface area contributed by atoms with Crippen molar-refractivity contribution in [1.82, 2.24) is 4.98 Å². The number of carbonyl (C=O) groups is 1. The van der Waals surface area contributed by atoms with Crippen LogP contribution in [0.2, 0.25) is 5.02 Å². The topological polar surface area (TPSA) is 59.4 Å². The molecule has 2 aromatic rings. The molecule has 1 aromatic carbocycles. The summed E-state index contributed by atoms with van der Waals surface area (Å²) in [4.78, 5) is 15.3. The van der Waals surface area contributed by atoms with Crippen molar-refractivity contribution in [3.63, 3.8) is 0 Å². The molecule has 18 heavy (non-hydrogen) atoms. The van der Waals surface area contributed by atoms with Crippen LogP contribution >= 0.6 is 22.9 Å². The first-order chi connectivity index (χ1) is 8.56. The van der Waals surface area contributed by atoms with Crippen LogP contribution in [0.1, 0.15) is 20.4 Å². The Labute approximate surface area is 113 Å². The van der Waals surface area contributed by atoms with E-state index in [2.05, 4.69) is 4.98 Å². The smallest absolute Gasteiger partial charge is 0.347 e. The number of aromatic carboxylic acids is 1. The molecule has 0 atom stereocenters. The van der Waals surface area contributed by atoms with E-state index < -0.39 is 5.97 Å². The molecule has 0 aliphatic rings. The molecule has 0 saturated carbocycles. The highest BCUT2D eigenvalue weighted by molar-refractivity contribution is 7.13. The molecule has 0 amide bonds. The van der Waals surface area contributed by atoms with E-state index in [0.29, 0.717) is 21.5 Å². The summed E-state index contributed by atoms with van der Waals surface area (Å²) in [6, 6.07) is 7.02. The Balaban J connectivity index is 2.06. The Bertz CT molecular complexity index is 582. The summed E-state index contributed by atoms with van der Waals surface area (Å²) < 4.78 is 5.49. The molecule has 0 aliphatic heterocycles. The molecule has 0 spiro atoms. The Morgan fingerprint density at radius 1 is 1.56 bits per heavy atom. The van der Waals surface area contributed by atoms with E-state index in [1.54, 1.807) is 31.2 Å². The third-order valence-electron chi connectivity index (χ3n) is 2.19. The lowest BCUT2D eigenvalue weighted by atomic mass is 10.3. The van der Waals surface area contributed by atoms with Crippen LogP contribution in [0.5, 0.6) is 5.75 Å². The third-order valence-corrected chi connectivity index (χ3v) is 3.55. The van der Waals surface area contributed by atoms with Crippen LogP contribution < -0.4 is 4.74 Å². The van der Waals surface area contributed by atoms with Crippen molar-refractivity contribution in [2.75, 3.05) is 0 Å². The SMILES string of the molecule is Cc1nc(COc2cccc(Cl)c2)sc1C(=O)O. The average Bonchev–Trinajstić information content (AvgIpc) is 2.68. The molecule has 1 N–H and O–H groups in total. The number of aromatic nitrogens is 1. The van der Waals surface area contributed by atoms with Gasteiger partial charge in [-0.2, -0.15) is 0 Å². The molecular weight excluding hydrogens is 274 g/mol. The van der Waals surface area contributed by atoms with Crippen molar-refractivity contribution in [3.05, 3.63) is 44.9 Å². The van der Waals surface area contributed by atoms with Gasteiger partial charge in [-0.1, -0.05) is 17.7 Å². The third kappa shape index (κ3) is 3.00. The van der Waals surface area contributed by atoms with Crippen LogP contribution in [-0.2, 0) is 6.61 Å². The molecule has 6 heteroatoms. The summed E-state index contributed by atoms with van der Waals surface area (Å²) in [5.74, 6) is -0.328. The molecule has 0 radical (unpaired) electrons. The molecular formula is C12H10ClNO3S. The Kier molecular flexibility index (Phi) is 3.84. The van der Waals surface area contributed by atoms with E-state index in [9.17, 15) is 4.79 Å². The second-order valence-electron chi connectivity index (χ2n) is 3.57. The van der Waals surface area contributed by atoms with Gasteiger partial charge in [0.15, 0.2) is 0 Å². The zero-order valence-corrected chi connectivity index (χ0v) is 11.1. The van der Waals surface area contributed by atoms with Crippen molar-refractivity contribution in [3.8, 4) is 5.75 Å². The van der Waals surface area contributed by atoms with E-state index in [1.807, 2.05) is 0 Å². The van der Waals surface area contributed by atoms with E-state index >= 15 is 0 Å². The maximum Gasteiger partial charge on any atom is 0.347 e. The van der Waals surface area contributed by atoms with Gasteiger partial charge in [0, 0.05) is 5.02 Å². The fraction of sp³-hybridized carbons (Fsp3) is 0.167. The summed E-state index contributed by atoms with van der Waals surface area (Å²) in [7, 11) is 0. The minimum absolute atomic E-state index is 0.235. The van der Waals surface area contributed by atoms with Gasteiger partial charge < -0.3 is 9.84 Å². The number of hydrogen-bond donors (Lipinski definition) is 1. The fourth-order valence-electron chi connectivity index (χ4n) is 1.41. The number of ether oxygens (including phenoxy) is 1. The highest BCUT2D eigenvalue weighted by atomic mass is 35.5. The van der Waals surface area contributed by atoms with Gasteiger partial charge in [-0.15, -0.1) is 11.3 Å². The molecule has 0 aliphatic carbocycles. The molecule has 0 fully saturated rings. The summed E-state index contributed by atoms with van der Waals surface area (Å²) in [5.41, 5.74) is 0.511. The molecule has 0 unspecified atom stereocenters. The van der Waals surface area contributed by atoms with Crippen molar-refractivity contribution in [1.29, 1.82) is 0 Å². The maximum absolute atomic E-state index is 10.9. The zero-order chi connectivity index (χ0) is 13.1. The molecule has 1 heterocycles. The number of carboxylic acids is 1. The van der Waals surface area contributed by atoms with Crippen LogP contribution in [0.25, 0.3) is 0 Å². The number of nitrogens with zero attached hydrogens (tertiary/aromatic N) is 1. The second-order valence-corrected chi connectivity index (χ2v) is 5.09. The van der Waals surface area contributed by atoms with E-state index in [1.165, 1.54) is 0 Å². The number of aryl methyl sites for hydroxylation is 1. The van der Waals surface area contributed by atoms with Crippen LogP contribution in [0.4, 0.5) is 0 Å². The van der Waals surface area contributed by atoms with Crippen LogP contribution in [0, 0.1) is 6.92 Å². The first-order valence-corrected chi connectivity index (χ1v) is 6.33. The predicted octanol–water partition coefficient (Wildman–Crippen LogP) is 3.38. The highest BCUT2D eigenvalue weighted by Gasteiger charge is 2.14.